The molecule has 0 radical (unpaired) electrons. The van der Waals surface area contributed by atoms with Gasteiger partial charge in [-0.15, -0.1) is 11.3 Å². The number of aliphatic hydroxyl groups excluding tert-OH is 1. The number of ether oxygens (including phenoxy) is 1. The molecule has 0 bridgehead atoms. The highest BCUT2D eigenvalue weighted by atomic mass is 32.1. The van der Waals surface area contributed by atoms with Crippen LogP contribution in [0.25, 0.3) is 0 Å². The monoisotopic (exact) mass is 299 g/mol. The van der Waals surface area contributed by atoms with Crippen LogP contribution < -0.4 is 5.43 Å². The number of hydrogen-bond donors (Lipinski definition) is 2. The molecule has 1 aliphatic heterocycles. The smallest absolute Gasteiger partial charge is 0.0911 e. The molecule has 1 aromatic rings. The summed E-state index contributed by atoms with van der Waals surface area (Å²) in [4.78, 5) is 5.48. The first kappa shape index (κ1) is 15.9. The highest BCUT2D eigenvalue weighted by Crippen LogP contribution is 2.12. The Hall–Kier alpha value is -0.530. The molecule has 1 fully saturated rings. The highest BCUT2D eigenvalue weighted by molar-refractivity contribution is 7.09. The van der Waals surface area contributed by atoms with Crippen LogP contribution in [0, 0.1) is 6.92 Å². The Morgan fingerprint density at radius 1 is 1.45 bits per heavy atom. The van der Waals surface area contributed by atoms with E-state index in [1.54, 1.807) is 11.3 Å². The number of piperidine rings is 1. The van der Waals surface area contributed by atoms with Gasteiger partial charge in [0.05, 0.1) is 30.5 Å². The lowest BCUT2D eigenvalue weighted by Crippen LogP contribution is -2.45. The fraction of sp³-hybridized carbons (Fsp3) is 0.786. The van der Waals surface area contributed by atoms with Gasteiger partial charge in [0.25, 0.3) is 0 Å². The summed E-state index contributed by atoms with van der Waals surface area (Å²) in [6.07, 6.45) is 4.24. The zero-order valence-corrected chi connectivity index (χ0v) is 13.0. The number of aliphatic hydroxyl groups is 1. The van der Waals surface area contributed by atoms with E-state index in [1.165, 1.54) is 24.1 Å². The van der Waals surface area contributed by atoms with E-state index < -0.39 is 6.10 Å². The Morgan fingerprint density at radius 2 is 2.25 bits per heavy atom. The summed E-state index contributed by atoms with van der Waals surface area (Å²) >= 11 is 1.66. The zero-order valence-electron chi connectivity index (χ0n) is 12.2. The van der Waals surface area contributed by atoms with Crippen LogP contribution in [0.5, 0.6) is 0 Å². The number of rotatable bonds is 8. The van der Waals surface area contributed by atoms with E-state index >= 15 is 0 Å². The van der Waals surface area contributed by atoms with Crippen LogP contribution in [-0.2, 0) is 11.2 Å². The Kier molecular flexibility index (Phi) is 6.89. The van der Waals surface area contributed by atoms with Crippen molar-refractivity contribution >= 4 is 11.3 Å². The molecule has 2 rings (SSSR count). The van der Waals surface area contributed by atoms with Crippen LogP contribution in [0.1, 0.15) is 29.8 Å². The van der Waals surface area contributed by atoms with Crippen LogP contribution in [0.3, 0.4) is 0 Å². The Morgan fingerprint density at radius 3 is 2.95 bits per heavy atom. The third-order valence-electron chi connectivity index (χ3n) is 3.54. The molecule has 2 N–H and O–H groups in total. The molecule has 0 spiro atoms. The number of aryl methyl sites for hydroxylation is 1. The van der Waals surface area contributed by atoms with Crippen molar-refractivity contribution in [1.82, 2.24) is 15.4 Å². The first-order valence-corrected chi connectivity index (χ1v) is 8.27. The summed E-state index contributed by atoms with van der Waals surface area (Å²) in [5.41, 5.74) is 6.23. The molecule has 1 unspecified atom stereocenters. The average molecular weight is 299 g/mol. The molecule has 20 heavy (non-hydrogen) atoms. The zero-order chi connectivity index (χ0) is 14.2. The van der Waals surface area contributed by atoms with Crippen LogP contribution in [0.15, 0.2) is 5.51 Å². The molecule has 0 amide bonds. The van der Waals surface area contributed by atoms with E-state index in [0.29, 0.717) is 19.8 Å². The number of nitrogens with one attached hydrogen (secondary N) is 1. The molecule has 6 heteroatoms. The fourth-order valence-corrected chi connectivity index (χ4v) is 3.06. The quantitative estimate of drug-likeness (QED) is 0.710. The van der Waals surface area contributed by atoms with Crippen LogP contribution in [0.4, 0.5) is 0 Å². The Balaban J connectivity index is 1.51. The summed E-state index contributed by atoms with van der Waals surface area (Å²) in [7, 11) is 0. The lowest BCUT2D eigenvalue weighted by molar-refractivity contribution is 0.0225. The number of hydrogen-bond acceptors (Lipinski definition) is 6. The summed E-state index contributed by atoms with van der Waals surface area (Å²) in [5.74, 6) is 0. The Bertz CT molecular complexity index is 380. The van der Waals surface area contributed by atoms with Crippen molar-refractivity contribution in [3.05, 3.63) is 16.1 Å². The van der Waals surface area contributed by atoms with Gasteiger partial charge in [-0.3, -0.25) is 5.43 Å². The molecule has 1 aliphatic rings. The van der Waals surface area contributed by atoms with E-state index in [1.807, 2.05) is 12.4 Å². The fourth-order valence-electron chi connectivity index (χ4n) is 2.30. The number of nitrogens with zero attached hydrogens (tertiary/aromatic N) is 2. The first-order valence-electron chi connectivity index (χ1n) is 7.39. The van der Waals surface area contributed by atoms with Crippen molar-refractivity contribution < 1.29 is 9.84 Å². The van der Waals surface area contributed by atoms with Gasteiger partial charge in [0.2, 0.25) is 0 Å². The Labute approximate surface area is 124 Å². The summed E-state index contributed by atoms with van der Waals surface area (Å²) < 4.78 is 5.53. The van der Waals surface area contributed by atoms with Gasteiger partial charge < -0.3 is 9.84 Å². The second kappa shape index (κ2) is 8.69. The van der Waals surface area contributed by atoms with Crippen molar-refractivity contribution in [2.45, 2.75) is 38.7 Å². The van der Waals surface area contributed by atoms with E-state index in [4.69, 9.17) is 4.74 Å². The normalized spacial score (nSPS) is 18.3. The van der Waals surface area contributed by atoms with E-state index in [9.17, 15) is 5.11 Å². The van der Waals surface area contributed by atoms with E-state index in [-0.39, 0.29) is 0 Å². The predicted molar refractivity (Wildman–Crippen MR) is 80.8 cm³/mol. The van der Waals surface area contributed by atoms with Gasteiger partial charge in [0.1, 0.15) is 0 Å². The summed E-state index contributed by atoms with van der Waals surface area (Å²) in [5, 5.41) is 12.1. The SMILES string of the molecule is Cc1ncsc1CCOCC(O)CNN1CCCCC1. The van der Waals surface area contributed by atoms with Gasteiger partial charge >= 0.3 is 0 Å². The number of aromatic nitrogens is 1. The summed E-state index contributed by atoms with van der Waals surface area (Å²) in [6.45, 7) is 5.78. The molecular weight excluding hydrogens is 274 g/mol. The predicted octanol–water partition coefficient (Wildman–Crippen LogP) is 1.36. The molecule has 0 saturated carbocycles. The average Bonchev–Trinajstić information content (AvgIpc) is 2.88. The van der Waals surface area contributed by atoms with Gasteiger partial charge in [0.15, 0.2) is 0 Å². The maximum atomic E-state index is 9.87. The van der Waals surface area contributed by atoms with Gasteiger partial charge in [-0.25, -0.2) is 9.99 Å². The minimum atomic E-state index is -0.445. The van der Waals surface area contributed by atoms with Gasteiger partial charge in [-0.2, -0.15) is 0 Å². The molecule has 1 saturated heterocycles. The topological polar surface area (TPSA) is 57.6 Å². The molecule has 1 aromatic heterocycles. The van der Waals surface area contributed by atoms with Gasteiger partial charge in [-0.1, -0.05) is 6.42 Å². The molecule has 0 aliphatic carbocycles. The van der Waals surface area contributed by atoms with Crippen molar-refractivity contribution in [3.63, 3.8) is 0 Å². The number of thiazole rings is 1. The molecular formula is C14H25N3O2S. The maximum absolute atomic E-state index is 9.87. The molecule has 5 nitrogen and oxygen atoms in total. The lowest BCUT2D eigenvalue weighted by Gasteiger charge is -2.28. The third kappa shape index (κ3) is 5.46. The largest absolute Gasteiger partial charge is 0.389 e. The van der Waals surface area contributed by atoms with Crippen LogP contribution in [0.2, 0.25) is 0 Å². The highest BCUT2D eigenvalue weighted by Gasteiger charge is 2.11. The van der Waals surface area contributed by atoms with Gasteiger partial charge in [0, 0.05) is 30.9 Å². The minimum Gasteiger partial charge on any atom is -0.389 e. The van der Waals surface area contributed by atoms with Gasteiger partial charge in [-0.05, 0) is 19.8 Å². The van der Waals surface area contributed by atoms with Crippen molar-refractivity contribution in [1.29, 1.82) is 0 Å². The second-order valence-corrected chi connectivity index (χ2v) is 6.19. The second-order valence-electron chi connectivity index (χ2n) is 5.25. The maximum Gasteiger partial charge on any atom is 0.0911 e. The lowest BCUT2D eigenvalue weighted by atomic mass is 10.2. The van der Waals surface area contributed by atoms with E-state index in [2.05, 4.69) is 15.4 Å². The minimum absolute atomic E-state index is 0.388. The molecule has 1 atom stereocenters. The molecule has 2 heterocycles. The molecule has 114 valence electrons. The van der Waals surface area contributed by atoms with Crippen LogP contribution >= 0.6 is 11.3 Å². The van der Waals surface area contributed by atoms with Crippen molar-refractivity contribution in [3.8, 4) is 0 Å². The summed E-state index contributed by atoms with van der Waals surface area (Å²) in [6, 6.07) is 0. The van der Waals surface area contributed by atoms with Crippen LogP contribution in [-0.4, -0.2) is 54.1 Å². The third-order valence-corrected chi connectivity index (χ3v) is 4.53. The van der Waals surface area contributed by atoms with Crippen molar-refractivity contribution in [2.75, 3.05) is 32.8 Å². The first-order chi connectivity index (χ1) is 9.75. The standard InChI is InChI=1S/C14H25N3O2S/c1-12-14(20-11-15-12)5-8-19-10-13(18)9-16-17-6-3-2-4-7-17/h11,13,16,18H,2-10H2,1H3. The van der Waals surface area contributed by atoms with Crippen molar-refractivity contribution in [2.24, 2.45) is 0 Å². The van der Waals surface area contributed by atoms with E-state index in [0.717, 1.165) is 25.2 Å². The molecule has 0 aromatic carbocycles. The number of hydrazine groups is 1.